The highest BCUT2D eigenvalue weighted by Gasteiger charge is 2.17. The third-order valence-corrected chi connectivity index (χ3v) is 4.69. The topological polar surface area (TPSA) is 57.6 Å². The zero-order chi connectivity index (χ0) is 13.6. The molecule has 18 heavy (non-hydrogen) atoms. The average Bonchev–Trinajstić information content (AvgIpc) is 2.36. The van der Waals surface area contributed by atoms with Gasteiger partial charge in [0.25, 0.3) is 0 Å². The highest BCUT2D eigenvalue weighted by Crippen LogP contribution is 2.11. The molecule has 0 unspecified atom stereocenters. The van der Waals surface area contributed by atoms with Crippen molar-refractivity contribution in [3.63, 3.8) is 0 Å². The summed E-state index contributed by atoms with van der Waals surface area (Å²) >= 11 is 0. The zero-order valence-electron chi connectivity index (χ0n) is 11.0. The van der Waals surface area contributed by atoms with Gasteiger partial charge in [0.2, 0.25) is 10.0 Å². The fourth-order valence-electron chi connectivity index (χ4n) is 1.58. The number of hydrogen-bond acceptors (Lipinski definition) is 3. The molecule has 0 saturated carbocycles. The van der Waals surface area contributed by atoms with Crippen molar-refractivity contribution in [1.82, 2.24) is 4.31 Å². The van der Waals surface area contributed by atoms with E-state index in [1.54, 1.807) is 31.3 Å². The molecule has 1 N–H and O–H groups in total. The normalized spacial score (nSPS) is 12.0. The lowest BCUT2D eigenvalue weighted by atomic mass is 10.2. The van der Waals surface area contributed by atoms with Crippen LogP contribution in [-0.2, 0) is 22.4 Å². The van der Waals surface area contributed by atoms with Gasteiger partial charge in [-0.2, -0.15) is 0 Å². The van der Waals surface area contributed by atoms with Crippen LogP contribution >= 0.6 is 0 Å². The molecule has 0 aliphatic heterocycles. The Morgan fingerprint density at radius 3 is 2.22 bits per heavy atom. The molecule has 0 spiro atoms. The Labute approximate surface area is 109 Å². The molecule has 0 amide bonds. The second-order valence-electron chi connectivity index (χ2n) is 4.41. The van der Waals surface area contributed by atoms with E-state index >= 15 is 0 Å². The van der Waals surface area contributed by atoms with Gasteiger partial charge >= 0.3 is 0 Å². The molecule has 0 aromatic heterocycles. The van der Waals surface area contributed by atoms with Crippen molar-refractivity contribution >= 4 is 10.0 Å². The first kappa shape index (κ1) is 15.1. The van der Waals surface area contributed by atoms with Gasteiger partial charge in [0, 0.05) is 13.6 Å². The lowest BCUT2D eigenvalue weighted by Crippen LogP contribution is -2.29. The lowest BCUT2D eigenvalue weighted by Gasteiger charge is -2.16. The van der Waals surface area contributed by atoms with Crippen LogP contribution in [0.4, 0.5) is 0 Å². The van der Waals surface area contributed by atoms with Gasteiger partial charge in [0.05, 0.1) is 12.4 Å². The summed E-state index contributed by atoms with van der Waals surface area (Å²) in [6.45, 7) is 2.57. The molecule has 0 aliphatic carbocycles. The van der Waals surface area contributed by atoms with E-state index in [9.17, 15) is 8.42 Å². The Morgan fingerprint density at radius 1 is 1.17 bits per heavy atom. The summed E-state index contributed by atoms with van der Waals surface area (Å²) in [4.78, 5) is 0. The summed E-state index contributed by atoms with van der Waals surface area (Å²) in [5.74, 6) is 0.0128. The Bertz CT molecular complexity index is 454. The van der Waals surface area contributed by atoms with Crippen molar-refractivity contribution < 1.29 is 13.5 Å². The van der Waals surface area contributed by atoms with E-state index in [1.165, 1.54) is 4.31 Å². The molecule has 0 fully saturated rings. The Balaban J connectivity index is 2.69. The summed E-state index contributed by atoms with van der Waals surface area (Å²) < 4.78 is 25.5. The van der Waals surface area contributed by atoms with E-state index in [4.69, 9.17) is 5.11 Å². The van der Waals surface area contributed by atoms with Crippen LogP contribution in [0.1, 0.15) is 30.9 Å². The predicted molar refractivity (Wildman–Crippen MR) is 72.5 cm³/mol. The van der Waals surface area contributed by atoms with E-state index in [-0.39, 0.29) is 12.4 Å². The second-order valence-corrected chi connectivity index (χ2v) is 6.48. The van der Waals surface area contributed by atoms with Gasteiger partial charge in [0.15, 0.2) is 0 Å². The number of benzene rings is 1. The van der Waals surface area contributed by atoms with E-state index in [0.717, 1.165) is 24.0 Å². The van der Waals surface area contributed by atoms with Gasteiger partial charge in [-0.25, -0.2) is 12.7 Å². The van der Waals surface area contributed by atoms with E-state index in [2.05, 4.69) is 0 Å². The minimum atomic E-state index is -3.23. The second kappa shape index (κ2) is 6.87. The fourth-order valence-corrected chi connectivity index (χ4v) is 2.82. The van der Waals surface area contributed by atoms with Gasteiger partial charge in [-0.05, 0) is 17.5 Å². The van der Waals surface area contributed by atoms with Crippen LogP contribution in [0.5, 0.6) is 0 Å². The van der Waals surface area contributed by atoms with Gasteiger partial charge in [-0.3, -0.25) is 0 Å². The number of rotatable bonds is 7. The largest absolute Gasteiger partial charge is 0.392 e. The van der Waals surface area contributed by atoms with Crippen molar-refractivity contribution in [3.05, 3.63) is 35.4 Å². The molecular formula is C13H21NO3S. The first-order valence-electron chi connectivity index (χ1n) is 6.12. The van der Waals surface area contributed by atoms with E-state index < -0.39 is 10.0 Å². The quantitative estimate of drug-likeness (QED) is 0.822. The van der Waals surface area contributed by atoms with Crippen molar-refractivity contribution in [1.29, 1.82) is 0 Å². The molecule has 0 radical (unpaired) electrons. The summed E-state index contributed by atoms with van der Waals surface area (Å²) in [6.07, 6.45) is 1.85. The van der Waals surface area contributed by atoms with Crippen LogP contribution in [0.3, 0.4) is 0 Å². The molecule has 5 heteroatoms. The summed E-state index contributed by atoms with van der Waals surface area (Å²) in [5, 5.41) is 8.92. The van der Waals surface area contributed by atoms with Crippen LogP contribution < -0.4 is 0 Å². The SMILES string of the molecule is CCCCN(C)S(=O)(=O)Cc1ccc(CO)cc1. The molecule has 0 atom stereocenters. The van der Waals surface area contributed by atoms with Crippen LogP contribution in [0, 0.1) is 0 Å². The summed E-state index contributed by atoms with van der Waals surface area (Å²) in [5.41, 5.74) is 1.53. The van der Waals surface area contributed by atoms with Crippen molar-refractivity contribution in [2.45, 2.75) is 32.1 Å². The smallest absolute Gasteiger partial charge is 0.218 e. The minimum Gasteiger partial charge on any atom is -0.392 e. The highest BCUT2D eigenvalue weighted by molar-refractivity contribution is 7.88. The summed E-state index contributed by atoms with van der Waals surface area (Å²) in [7, 11) is -1.62. The molecule has 1 rings (SSSR count). The summed E-state index contributed by atoms with van der Waals surface area (Å²) in [6, 6.07) is 6.99. The third-order valence-electron chi connectivity index (χ3n) is 2.86. The average molecular weight is 271 g/mol. The van der Waals surface area contributed by atoms with Crippen LogP contribution in [0.25, 0.3) is 0 Å². The minimum absolute atomic E-state index is 0.0128. The standard InChI is InChI=1S/C13H21NO3S/c1-3-4-9-14(2)18(16,17)11-13-7-5-12(10-15)6-8-13/h5-8,15H,3-4,9-11H2,1-2H3. The van der Waals surface area contributed by atoms with E-state index in [1.807, 2.05) is 6.92 Å². The number of hydrogen-bond donors (Lipinski definition) is 1. The van der Waals surface area contributed by atoms with Crippen LogP contribution in [0.15, 0.2) is 24.3 Å². The first-order chi connectivity index (χ1) is 8.49. The molecule has 0 aliphatic rings. The number of aliphatic hydroxyl groups excluding tert-OH is 1. The van der Waals surface area contributed by atoms with Gasteiger partial charge in [0.1, 0.15) is 0 Å². The fraction of sp³-hybridized carbons (Fsp3) is 0.538. The molecule has 1 aromatic carbocycles. The molecule has 0 saturated heterocycles. The van der Waals surface area contributed by atoms with Crippen LogP contribution in [0.2, 0.25) is 0 Å². The molecular weight excluding hydrogens is 250 g/mol. The Hall–Kier alpha value is -0.910. The predicted octanol–water partition coefficient (Wildman–Crippen LogP) is 1.74. The highest BCUT2D eigenvalue weighted by atomic mass is 32.2. The number of unbranched alkanes of at least 4 members (excludes halogenated alkanes) is 1. The lowest BCUT2D eigenvalue weighted by molar-refractivity contribution is 0.282. The van der Waals surface area contributed by atoms with Gasteiger partial charge < -0.3 is 5.11 Å². The van der Waals surface area contributed by atoms with Crippen molar-refractivity contribution in [3.8, 4) is 0 Å². The maximum absolute atomic E-state index is 12.0. The number of sulfonamides is 1. The number of nitrogens with zero attached hydrogens (tertiary/aromatic N) is 1. The van der Waals surface area contributed by atoms with Crippen molar-refractivity contribution in [2.24, 2.45) is 0 Å². The first-order valence-corrected chi connectivity index (χ1v) is 7.73. The maximum atomic E-state index is 12.0. The zero-order valence-corrected chi connectivity index (χ0v) is 11.8. The van der Waals surface area contributed by atoms with Gasteiger partial charge in [-0.1, -0.05) is 37.6 Å². The maximum Gasteiger partial charge on any atom is 0.218 e. The molecule has 4 nitrogen and oxygen atoms in total. The third kappa shape index (κ3) is 4.40. The van der Waals surface area contributed by atoms with Crippen LogP contribution in [-0.4, -0.2) is 31.4 Å². The molecule has 0 bridgehead atoms. The Kier molecular flexibility index (Phi) is 5.78. The Morgan fingerprint density at radius 2 is 1.72 bits per heavy atom. The number of aliphatic hydroxyl groups is 1. The van der Waals surface area contributed by atoms with E-state index in [0.29, 0.717) is 6.54 Å². The van der Waals surface area contributed by atoms with Crippen molar-refractivity contribution in [2.75, 3.05) is 13.6 Å². The molecule has 102 valence electrons. The monoisotopic (exact) mass is 271 g/mol. The van der Waals surface area contributed by atoms with Gasteiger partial charge in [-0.15, -0.1) is 0 Å². The molecule has 0 heterocycles. The molecule has 1 aromatic rings.